The Hall–Kier alpha value is -1.05. The van der Waals surface area contributed by atoms with Crippen molar-refractivity contribution >= 4 is 5.97 Å². The van der Waals surface area contributed by atoms with Gasteiger partial charge in [0, 0.05) is 20.2 Å². The summed E-state index contributed by atoms with van der Waals surface area (Å²) in [6.45, 7) is 3.81. The van der Waals surface area contributed by atoms with Crippen LogP contribution in [0.15, 0.2) is 0 Å². The van der Waals surface area contributed by atoms with E-state index in [2.05, 4.69) is 5.92 Å². The molecule has 0 radical (unpaired) electrons. The summed E-state index contributed by atoms with van der Waals surface area (Å²) >= 11 is 0. The molecule has 0 heterocycles. The molecule has 0 aliphatic heterocycles. The molecular formula is C10H17NO3. The van der Waals surface area contributed by atoms with Gasteiger partial charge in [-0.05, 0) is 0 Å². The number of hydrogen-bond donors (Lipinski definition) is 1. The second-order valence-electron chi connectivity index (χ2n) is 3.17. The molecule has 0 fully saturated rings. The first-order valence-corrected chi connectivity index (χ1v) is 4.49. The molecule has 0 aromatic rings. The fourth-order valence-electron chi connectivity index (χ4n) is 1.05. The quantitative estimate of drug-likeness (QED) is 0.599. The van der Waals surface area contributed by atoms with Crippen LogP contribution in [0.2, 0.25) is 0 Å². The van der Waals surface area contributed by atoms with Gasteiger partial charge in [-0.1, -0.05) is 12.8 Å². The van der Waals surface area contributed by atoms with E-state index in [-0.39, 0.29) is 0 Å². The Morgan fingerprint density at radius 3 is 2.79 bits per heavy atom. The maximum absolute atomic E-state index is 10.6. The molecule has 4 heteroatoms. The van der Waals surface area contributed by atoms with Crippen molar-refractivity contribution in [3.63, 3.8) is 0 Å². The van der Waals surface area contributed by atoms with E-state index in [1.165, 1.54) is 0 Å². The molecule has 0 rings (SSSR count). The molecule has 0 aliphatic carbocycles. The fraction of sp³-hybridized carbons (Fsp3) is 0.700. The molecule has 0 aromatic carbocycles. The Morgan fingerprint density at radius 2 is 2.36 bits per heavy atom. The zero-order valence-electron chi connectivity index (χ0n) is 8.69. The van der Waals surface area contributed by atoms with Gasteiger partial charge in [0.2, 0.25) is 0 Å². The van der Waals surface area contributed by atoms with Gasteiger partial charge in [-0.25, -0.2) is 0 Å². The molecule has 0 aromatic heterocycles. The van der Waals surface area contributed by atoms with Gasteiger partial charge in [-0.15, -0.1) is 6.42 Å². The maximum atomic E-state index is 10.6. The fourth-order valence-corrected chi connectivity index (χ4v) is 1.05. The van der Waals surface area contributed by atoms with E-state index in [1.54, 1.807) is 14.0 Å². The predicted molar refractivity (Wildman–Crippen MR) is 53.9 cm³/mol. The van der Waals surface area contributed by atoms with Crippen LogP contribution < -0.4 is 0 Å². The minimum atomic E-state index is -0.801. The molecule has 0 aliphatic rings. The van der Waals surface area contributed by atoms with Crippen LogP contribution in [0.4, 0.5) is 0 Å². The Labute approximate surface area is 84.9 Å². The van der Waals surface area contributed by atoms with Crippen LogP contribution in [-0.4, -0.2) is 49.3 Å². The third-order valence-corrected chi connectivity index (χ3v) is 1.88. The standard InChI is InChI=1S/C10H17NO3/c1-4-5-11(6-7-14-3)8-9(2)10(12)13/h1,9H,5-8H2,2-3H3,(H,12,13). The molecule has 1 unspecified atom stereocenters. The van der Waals surface area contributed by atoms with Gasteiger partial charge in [-0.3, -0.25) is 9.69 Å². The van der Waals surface area contributed by atoms with Gasteiger partial charge in [0.25, 0.3) is 0 Å². The van der Waals surface area contributed by atoms with Crippen LogP contribution in [0.25, 0.3) is 0 Å². The number of aliphatic carboxylic acids is 1. The molecule has 1 N–H and O–H groups in total. The number of ether oxygens (including phenoxy) is 1. The monoisotopic (exact) mass is 199 g/mol. The lowest BCUT2D eigenvalue weighted by atomic mass is 10.1. The maximum Gasteiger partial charge on any atom is 0.307 e. The second-order valence-corrected chi connectivity index (χ2v) is 3.17. The van der Waals surface area contributed by atoms with Crippen LogP contribution >= 0.6 is 0 Å². The van der Waals surface area contributed by atoms with Crippen LogP contribution in [0.5, 0.6) is 0 Å². The van der Waals surface area contributed by atoms with E-state index in [0.717, 1.165) is 0 Å². The van der Waals surface area contributed by atoms with E-state index in [0.29, 0.717) is 26.2 Å². The summed E-state index contributed by atoms with van der Waals surface area (Å²) in [7, 11) is 1.61. The minimum absolute atomic E-state index is 0.403. The molecule has 0 bridgehead atoms. The first-order valence-electron chi connectivity index (χ1n) is 4.49. The van der Waals surface area contributed by atoms with E-state index in [4.69, 9.17) is 16.3 Å². The summed E-state index contributed by atoms with van der Waals surface area (Å²) in [5, 5.41) is 8.71. The summed E-state index contributed by atoms with van der Waals surface area (Å²) < 4.78 is 4.90. The van der Waals surface area contributed by atoms with Crippen LogP contribution in [-0.2, 0) is 9.53 Å². The normalized spacial score (nSPS) is 12.4. The second kappa shape index (κ2) is 7.36. The Kier molecular flexibility index (Phi) is 6.81. The number of methoxy groups -OCH3 is 1. The molecule has 0 amide bonds. The first-order chi connectivity index (χ1) is 6.61. The van der Waals surface area contributed by atoms with Gasteiger partial charge in [0.15, 0.2) is 0 Å². The van der Waals surface area contributed by atoms with Gasteiger partial charge < -0.3 is 9.84 Å². The molecule has 0 spiro atoms. The number of carboxylic acid groups (broad SMARTS) is 1. The van der Waals surface area contributed by atoms with Crippen molar-refractivity contribution < 1.29 is 14.6 Å². The first kappa shape index (κ1) is 12.9. The van der Waals surface area contributed by atoms with Crippen LogP contribution in [0.1, 0.15) is 6.92 Å². The molecule has 0 saturated carbocycles. The Bertz CT molecular complexity index is 210. The van der Waals surface area contributed by atoms with Crippen molar-refractivity contribution in [1.82, 2.24) is 4.90 Å². The van der Waals surface area contributed by atoms with E-state index < -0.39 is 11.9 Å². The number of carbonyl (C=O) groups is 1. The summed E-state index contributed by atoms with van der Waals surface area (Å²) in [6.07, 6.45) is 5.17. The molecule has 80 valence electrons. The summed E-state index contributed by atoms with van der Waals surface area (Å²) in [5.41, 5.74) is 0. The molecule has 4 nitrogen and oxygen atoms in total. The number of hydrogen-bond acceptors (Lipinski definition) is 3. The SMILES string of the molecule is C#CCN(CCOC)CC(C)C(=O)O. The number of carboxylic acids is 1. The average Bonchev–Trinajstić information content (AvgIpc) is 2.14. The topological polar surface area (TPSA) is 49.8 Å². The van der Waals surface area contributed by atoms with E-state index in [1.807, 2.05) is 4.90 Å². The molecule has 0 saturated heterocycles. The summed E-state index contributed by atoms with van der Waals surface area (Å²) in [5.74, 6) is 1.29. The van der Waals surface area contributed by atoms with Crippen molar-refractivity contribution in [1.29, 1.82) is 0 Å². The van der Waals surface area contributed by atoms with Gasteiger partial charge in [0.1, 0.15) is 0 Å². The van der Waals surface area contributed by atoms with Crippen molar-refractivity contribution in [3.8, 4) is 12.3 Å². The highest BCUT2D eigenvalue weighted by atomic mass is 16.5. The van der Waals surface area contributed by atoms with Crippen molar-refractivity contribution in [2.24, 2.45) is 5.92 Å². The lowest BCUT2D eigenvalue weighted by Crippen LogP contribution is -2.34. The van der Waals surface area contributed by atoms with E-state index >= 15 is 0 Å². The average molecular weight is 199 g/mol. The van der Waals surface area contributed by atoms with Gasteiger partial charge >= 0.3 is 5.97 Å². The summed E-state index contributed by atoms with van der Waals surface area (Å²) in [4.78, 5) is 12.5. The van der Waals surface area contributed by atoms with Gasteiger partial charge in [-0.2, -0.15) is 0 Å². The van der Waals surface area contributed by atoms with Gasteiger partial charge in [0.05, 0.1) is 19.1 Å². The largest absolute Gasteiger partial charge is 0.481 e. The molecule has 14 heavy (non-hydrogen) atoms. The van der Waals surface area contributed by atoms with Crippen LogP contribution in [0, 0.1) is 18.3 Å². The lowest BCUT2D eigenvalue weighted by molar-refractivity contribution is -0.141. The highest BCUT2D eigenvalue weighted by Gasteiger charge is 2.14. The van der Waals surface area contributed by atoms with E-state index in [9.17, 15) is 4.79 Å². The Balaban J connectivity index is 3.95. The molecular weight excluding hydrogens is 182 g/mol. The number of rotatable bonds is 7. The Morgan fingerprint density at radius 1 is 1.71 bits per heavy atom. The van der Waals surface area contributed by atoms with Crippen molar-refractivity contribution in [2.75, 3.05) is 33.4 Å². The highest BCUT2D eigenvalue weighted by molar-refractivity contribution is 5.69. The number of terminal acetylenes is 1. The van der Waals surface area contributed by atoms with Crippen molar-refractivity contribution in [2.45, 2.75) is 6.92 Å². The lowest BCUT2D eigenvalue weighted by Gasteiger charge is -2.21. The molecule has 1 atom stereocenters. The predicted octanol–water partition coefficient (Wildman–Crippen LogP) is 0.289. The third kappa shape index (κ3) is 5.57. The van der Waals surface area contributed by atoms with Crippen LogP contribution in [0.3, 0.4) is 0 Å². The van der Waals surface area contributed by atoms with Crippen molar-refractivity contribution in [3.05, 3.63) is 0 Å². The number of nitrogens with zero attached hydrogens (tertiary/aromatic N) is 1. The third-order valence-electron chi connectivity index (χ3n) is 1.88. The minimum Gasteiger partial charge on any atom is -0.481 e. The zero-order chi connectivity index (χ0) is 11.0. The highest BCUT2D eigenvalue weighted by Crippen LogP contribution is 1.99. The smallest absolute Gasteiger partial charge is 0.307 e. The summed E-state index contributed by atoms with van der Waals surface area (Å²) in [6, 6.07) is 0. The zero-order valence-corrected chi connectivity index (χ0v) is 8.69.